The lowest BCUT2D eigenvalue weighted by molar-refractivity contribution is -0.173. The summed E-state index contributed by atoms with van der Waals surface area (Å²) in [6, 6.07) is 0. The molecule has 2 N–H and O–H groups in total. The van der Waals surface area contributed by atoms with Crippen LogP contribution in [0.4, 0.5) is 13.2 Å². The molecule has 1 aliphatic rings. The average Bonchev–Trinajstić information content (AvgIpc) is 2.33. The molecule has 7 heteroatoms. The Kier molecular flexibility index (Phi) is 6.57. The fourth-order valence-corrected chi connectivity index (χ4v) is 2.25. The van der Waals surface area contributed by atoms with Crippen molar-refractivity contribution in [2.75, 3.05) is 26.3 Å². The molecule has 0 radical (unpaired) electrons. The molecule has 0 aliphatic heterocycles. The largest absolute Gasteiger partial charge is 0.481 e. The van der Waals surface area contributed by atoms with Gasteiger partial charge in [0.2, 0.25) is 0 Å². The lowest BCUT2D eigenvalue weighted by Crippen LogP contribution is -2.31. The number of hydrogen-bond donors (Lipinski definition) is 2. The lowest BCUT2D eigenvalue weighted by Gasteiger charge is -2.26. The molecule has 19 heavy (non-hydrogen) atoms. The Morgan fingerprint density at radius 2 is 1.89 bits per heavy atom. The maximum atomic E-state index is 11.8. The molecule has 0 aromatic heterocycles. The molecule has 1 fully saturated rings. The van der Waals surface area contributed by atoms with E-state index in [1.807, 2.05) is 0 Å². The third kappa shape index (κ3) is 7.37. The van der Waals surface area contributed by atoms with Crippen molar-refractivity contribution < 1.29 is 27.8 Å². The molecular weight excluding hydrogens is 263 g/mol. The van der Waals surface area contributed by atoms with Crippen LogP contribution in [0.2, 0.25) is 0 Å². The molecule has 4 nitrogen and oxygen atoms in total. The maximum Gasteiger partial charge on any atom is 0.411 e. The summed E-state index contributed by atoms with van der Waals surface area (Å²) in [7, 11) is 0. The van der Waals surface area contributed by atoms with Gasteiger partial charge in [-0.3, -0.25) is 4.79 Å². The fourth-order valence-electron chi connectivity index (χ4n) is 2.25. The number of carboxylic acid groups (broad SMARTS) is 1. The van der Waals surface area contributed by atoms with E-state index < -0.39 is 18.8 Å². The first-order valence-electron chi connectivity index (χ1n) is 6.46. The number of nitrogens with one attached hydrogen (secondary N) is 1. The van der Waals surface area contributed by atoms with Crippen LogP contribution in [0.3, 0.4) is 0 Å². The number of halogens is 3. The molecule has 0 unspecified atom stereocenters. The standard InChI is InChI=1S/C12H20F3NO3/c13-12(14,15)8-19-6-5-16-7-9-1-3-10(4-2-9)11(17)18/h9-10,16H,1-8H2,(H,17,18). The third-order valence-electron chi connectivity index (χ3n) is 3.32. The summed E-state index contributed by atoms with van der Waals surface area (Å²) in [4.78, 5) is 10.8. The zero-order chi connectivity index (χ0) is 14.3. The Hall–Kier alpha value is -0.820. The summed E-state index contributed by atoms with van der Waals surface area (Å²) in [5, 5.41) is 11.9. The second-order valence-corrected chi connectivity index (χ2v) is 4.93. The van der Waals surface area contributed by atoms with Crippen LogP contribution in [-0.2, 0) is 9.53 Å². The van der Waals surface area contributed by atoms with Gasteiger partial charge in [0.1, 0.15) is 6.61 Å². The highest BCUT2D eigenvalue weighted by Gasteiger charge is 2.27. The molecule has 1 aliphatic carbocycles. The van der Waals surface area contributed by atoms with Crippen LogP contribution in [0.5, 0.6) is 0 Å². The SMILES string of the molecule is O=C(O)C1CCC(CNCCOCC(F)(F)F)CC1. The topological polar surface area (TPSA) is 58.6 Å². The quantitative estimate of drug-likeness (QED) is 0.702. The van der Waals surface area contributed by atoms with Crippen molar-refractivity contribution in [1.29, 1.82) is 0 Å². The van der Waals surface area contributed by atoms with Gasteiger partial charge in [0.25, 0.3) is 0 Å². The predicted octanol–water partition coefficient (Wildman–Crippen LogP) is 2.05. The van der Waals surface area contributed by atoms with Crippen LogP contribution in [-0.4, -0.2) is 43.6 Å². The number of alkyl halides is 3. The molecule has 1 saturated carbocycles. The summed E-state index contributed by atoms with van der Waals surface area (Å²) in [6.45, 7) is -0.0843. The van der Waals surface area contributed by atoms with Crippen molar-refractivity contribution >= 4 is 5.97 Å². The van der Waals surface area contributed by atoms with E-state index >= 15 is 0 Å². The van der Waals surface area contributed by atoms with Gasteiger partial charge in [0.05, 0.1) is 12.5 Å². The molecule has 0 heterocycles. The minimum atomic E-state index is -4.27. The molecule has 0 saturated heterocycles. The van der Waals surface area contributed by atoms with E-state index in [-0.39, 0.29) is 12.5 Å². The highest BCUT2D eigenvalue weighted by atomic mass is 19.4. The molecule has 0 aromatic rings. The number of ether oxygens (including phenoxy) is 1. The van der Waals surface area contributed by atoms with Gasteiger partial charge < -0.3 is 15.2 Å². The summed E-state index contributed by atoms with van der Waals surface area (Å²) in [6.07, 6.45) is -1.19. The van der Waals surface area contributed by atoms with Gasteiger partial charge in [-0.1, -0.05) is 0 Å². The summed E-state index contributed by atoms with van der Waals surface area (Å²) < 4.78 is 39.8. The zero-order valence-corrected chi connectivity index (χ0v) is 10.7. The minimum absolute atomic E-state index is 0.0317. The first-order chi connectivity index (χ1) is 8.88. The van der Waals surface area contributed by atoms with Gasteiger partial charge >= 0.3 is 12.1 Å². The van der Waals surface area contributed by atoms with Crippen molar-refractivity contribution in [3.05, 3.63) is 0 Å². The molecule has 112 valence electrons. The van der Waals surface area contributed by atoms with E-state index in [9.17, 15) is 18.0 Å². The number of aliphatic carboxylic acids is 1. The number of carboxylic acids is 1. The Balaban J connectivity index is 1.98. The molecule has 0 amide bonds. The van der Waals surface area contributed by atoms with Crippen LogP contribution >= 0.6 is 0 Å². The van der Waals surface area contributed by atoms with Crippen LogP contribution in [0.25, 0.3) is 0 Å². The Labute approximate surface area is 110 Å². The average molecular weight is 283 g/mol. The first-order valence-corrected chi connectivity index (χ1v) is 6.46. The van der Waals surface area contributed by atoms with Crippen LogP contribution in [0, 0.1) is 11.8 Å². The molecule has 0 aromatic carbocycles. The van der Waals surface area contributed by atoms with E-state index in [1.54, 1.807) is 0 Å². The van der Waals surface area contributed by atoms with Crippen molar-refractivity contribution in [2.45, 2.75) is 31.9 Å². The van der Waals surface area contributed by atoms with Gasteiger partial charge in [-0.2, -0.15) is 13.2 Å². The van der Waals surface area contributed by atoms with Gasteiger partial charge in [0.15, 0.2) is 0 Å². The van der Waals surface area contributed by atoms with Crippen LogP contribution < -0.4 is 5.32 Å². The van der Waals surface area contributed by atoms with Gasteiger partial charge in [-0.15, -0.1) is 0 Å². The van der Waals surface area contributed by atoms with Crippen molar-refractivity contribution in [3.63, 3.8) is 0 Å². The van der Waals surface area contributed by atoms with Crippen molar-refractivity contribution in [1.82, 2.24) is 5.32 Å². The molecule has 0 bridgehead atoms. The smallest absolute Gasteiger partial charge is 0.411 e. The second kappa shape index (κ2) is 7.69. The highest BCUT2D eigenvalue weighted by molar-refractivity contribution is 5.69. The number of rotatable bonds is 7. The monoisotopic (exact) mass is 283 g/mol. The summed E-state index contributed by atoms with van der Waals surface area (Å²) in [5.74, 6) is -0.545. The molecule has 0 atom stereocenters. The Bertz CT molecular complexity index is 276. The lowest BCUT2D eigenvalue weighted by atomic mass is 9.82. The second-order valence-electron chi connectivity index (χ2n) is 4.93. The van der Waals surface area contributed by atoms with E-state index in [2.05, 4.69) is 10.1 Å². The van der Waals surface area contributed by atoms with E-state index in [0.29, 0.717) is 31.8 Å². The van der Waals surface area contributed by atoms with E-state index in [4.69, 9.17) is 5.11 Å². The van der Waals surface area contributed by atoms with Crippen molar-refractivity contribution in [2.24, 2.45) is 11.8 Å². The van der Waals surface area contributed by atoms with Crippen LogP contribution in [0.15, 0.2) is 0 Å². The molecule has 1 rings (SSSR count). The van der Waals surface area contributed by atoms with E-state index in [1.165, 1.54) is 0 Å². The number of hydrogen-bond acceptors (Lipinski definition) is 3. The van der Waals surface area contributed by atoms with Gasteiger partial charge in [-0.05, 0) is 38.1 Å². The van der Waals surface area contributed by atoms with Crippen molar-refractivity contribution in [3.8, 4) is 0 Å². The summed E-state index contributed by atoms with van der Waals surface area (Å²) >= 11 is 0. The summed E-state index contributed by atoms with van der Waals surface area (Å²) in [5.41, 5.74) is 0. The third-order valence-corrected chi connectivity index (χ3v) is 3.32. The maximum absolute atomic E-state index is 11.8. The molecular formula is C12H20F3NO3. The van der Waals surface area contributed by atoms with E-state index in [0.717, 1.165) is 12.8 Å². The predicted molar refractivity (Wildman–Crippen MR) is 62.8 cm³/mol. The first kappa shape index (κ1) is 16.2. The highest BCUT2D eigenvalue weighted by Crippen LogP contribution is 2.28. The van der Waals surface area contributed by atoms with Gasteiger partial charge in [0, 0.05) is 6.54 Å². The minimum Gasteiger partial charge on any atom is -0.481 e. The normalized spacial score (nSPS) is 24.4. The molecule has 0 spiro atoms. The van der Waals surface area contributed by atoms with Gasteiger partial charge in [-0.25, -0.2) is 0 Å². The Morgan fingerprint density at radius 1 is 1.26 bits per heavy atom. The van der Waals surface area contributed by atoms with Crippen LogP contribution in [0.1, 0.15) is 25.7 Å². The Morgan fingerprint density at radius 3 is 2.42 bits per heavy atom. The fraction of sp³-hybridized carbons (Fsp3) is 0.917. The zero-order valence-electron chi connectivity index (χ0n) is 10.7. The number of carbonyl (C=O) groups is 1.